The molecule has 0 spiro atoms. The van der Waals surface area contributed by atoms with Crippen molar-refractivity contribution in [1.82, 2.24) is 9.88 Å². The Morgan fingerprint density at radius 3 is 2.59 bits per heavy atom. The Labute approximate surface area is 217 Å². The van der Waals surface area contributed by atoms with Gasteiger partial charge in [-0.1, -0.05) is 45.2 Å². The minimum atomic E-state index is -0.649. The number of nitriles is 1. The maximum atomic E-state index is 13.1. The van der Waals surface area contributed by atoms with Crippen LogP contribution in [0.5, 0.6) is 5.88 Å². The van der Waals surface area contributed by atoms with Gasteiger partial charge in [-0.2, -0.15) is 5.26 Å². The fourth-order valence-electron chi connectivity index (χ4n) is 3.84. The van der Waals surface area contributed by atoms with Gasteiger partial charge in [-0.15, -0.1) is 10.2 Å². The first-order chi connectivity index (χ1) is 17.7. The zero-order valence-corrected chi connectivity index (χ0v) is 21.9. The molecule has 37 heavy (non-hydrogen) atoms. The van der Waals surface area contributed by atoms with E-state index in [1.165, 1.54) is 13.8 Å². The number of azo groups is 1. The van der Waals surface area contributed by atoms with Crippen molar-refractivity contribution in [2.24, 2.45) is 16.1 Å². The summed E-state index contributed by atoms with van der Waals surface area (Å²) in [6, 6.07) is 8.57. The zero-order valence-electron chi connectivity index (χ0n) is 21.9. The van der Waals surface area contributed by atoms with Gasteiger partial charge in [0.25, 0.3) is 11.5 Å². The summed E-state index contributed by atoms with van der Waals surface area (Å²) in [7, 11) is 0. The van der Waals surface area contributed by atoms with Crippen molar-refractivity contribution < 1.29 is 19.4 Å². The Bertz CT molecular complexity index is 1230. The van der Waals surface area contributed by atoms with Crippen LogP contribution in [0, 0.1) is 24.2 Å². The lowest BCUT2D eigenvalue weighted by Crippen LogP contribution is -2.29. The van der Waals surface area contributed by atoms with Gasteiger partial charge in [-0.05, 0) is 37.8 Å². The third-order valence-corrected chi connectivity index (χ3v) is 6.10. The fraction of sp³-hybridized carbons (Fsp3) is 0.481. The normalized spacial score (nSPS) is 11.8. The van der Waals surface area contributed by atoms with Crippen molar-refractivity contribution in [2.45, 2.75) is 66.3 Å². The van der Waals surface area contributed by atoms with Gasteiger partial charge in [0, 0.05) is 25.6 Å². The average Bonchev–Trinajstić information content (AvgIpc) is 2.88. The number of nitrogens with one attached hydrogen (secondary N) is 1. The predicted molar refractivity (Wildman–Crippen MR) is 139 cm³/mol. The Kier molecular flexibility index (Phi) is 11.5. The SMILES string of the molecule is CCCCC(CC)CNC(=O)c1ccccc1N=Nc1c(C)c(C#N)c(O)n(CCCOC(C)=O)c1=O. The van der Waals surface area contributed by atoms with Crippen LogP contribution in [0.2, 0.25) is 0 Å². The molecular weight excluding hydrogens is 474 g/mol. The van der Waals surface area contributed by atoms with Crippen molar-refractivity contribution in [1.29, 1.82) is 5.26 Å². The van der Waals surface area contributed by atoms with Gasteiger partial charge in [-0.3, -0.25) is 19.0 Å². The summed E-state index contributed by atoms with van der Waals surface area (Å²) in [5.41, 5.74) is -0.117. The van der Waals surface area contributed by atoms with Gasteiger partial charge in [0.05, 0.1) is 17.9 Å². The number of hydrogen-bond acceptors (Lipinski definition) is 8. The molecule has 0 bridgehead atoms. The standard InChI is InChI=1S/C27H35N5O5/c1-5-7-11-20(6-2)17-29-25(34)21-12-8-9-13-23(21)30-31-24-18(3)22(16-28)26(35)32(27(24)36)14-10-15-37-19(4)33/h8-9,12-13,20,35H,5-7,10-11,14-15,17H2,1-4H3,(H,29,34). The summed E-state index contributed by atoms with van der Waals surface area (Å²) < 4.78 is 5.88. The quantitative estimate of drug-likeness (QED) is 0.219. The molecule has 0 saturated carbocycles. The molecule has 1 unspecified atom stereocenters. The highest BCUT2D eigenvalue weighted by atomic mass is 16.5. The molecule has 1 amide bonds. The summed E-state index contributed by atoms with van der Waals surface area (Å²) in [5.74, 6) is -0.838. The van der Waals surface area contributed by atoms with Crippen LogP contribution in [-0.4, -0.2) is 34.7 Å². The summed E-state index contributed by atoms with van der Waals surface area (Å²) in [5, 5.41) is 31.3. The van der Waals surface area contributed by atoms with Crippen LogP contribution >= 0.6 is 0 Å². The third-order valence-electron chi connectivity index (χ3n) is 6.10. The highest BCUT2D eigenvalue weighted by molar-refractivity contribution is 5.98. The third kappa shape index (κ3) is 8.00. The molecule has 2 aromatic rings. The Morgan fingerprint density at radius 1 is 1.22 bits per heavy atom. The van der Waals surface area contributed by atoms with Crippen molar-refractivity contribution in [3.05, 3.63) is 51.3 Å². The Balaban J connectivity index is 2.33. The first-order valence-electron chi connectivity index (χ1n) is 12.5. The van der Waals surface area contributed by atoms with Gasteiger partial charge in [0.1, 0.15) is 11.6 Å². The number of amides is 1. The zero-order chi connectivity index (χ0) is 27.4. The van der Waals surface area contributed by atoms with Gasteiger partial charge in [-0.25, -0.2) is 0 Å². The number of rotatable bonds is 13. The molecule has 1 aromatic carbocycles. The molecule has 0 saturated heterocycles. The fourth-order valence-corrected chi connectivity index (χ4v) is 3.84. The summed E-state index contributed by atoms with van der Waals surface area (Å²) in [6.07, 6.45) is 4.47. The second kappa shape index (κ2) is 14.5. The monoisotopic (exact) mass is 509 g/mol. The number of aromatic hydroxyl groups is 1. The minimum absolute atomic E-state index is 0.00501. The van der Waals surface area contributed by atoms with Gasteiger partial charge in [0.2, 0.25) is 5.88 Å². The molecule has 0 aliphatic heterocycles. The van der Waals surface area contributed by atoms with E-state index >= 15 is 0 Å². The number of carbonyl (C=O) groups is 2. The highest BCUT2D eigenvalue weighted by Crippen LogP contribution is 2.28. The summed E-state index contributed by atoms with van der Waals surface area (Å²) in [6.45, 7) is 7.62. The average molecular weight is 510 g/mol. The molecule has 0 aliphatic rings. The van der Waals surface area contributed by atoms with Crippen LogP contribution < -0.4 is 10.9 Å². The first-order valence-corrected chi connectivity index (χ1v) is 12.5. The molecule has 0 radical (unpaired) electrons. The second-order valence-corrected chi connectivity index (χ2v) is 8.78. The van der Waals surface area contributed by atoms with Gasteiger partial charge >= 0.3 is 5.97 Å². The molecule has 10 heteroatoms. The molecular formula is C27H35N5O5. The molecule has 2 rings (SSSR count). The first kappa shape index (κ1) is 29.2. The molecule has 1 atom stereocenters. The molecule has 0 fully saturated rings. The number of ether oxygens (including phenoxy) is 1. The lowest BCUT2D eigenvalue weighted by molar-refractivity contribution is -0.141. The van der Waals surface area contributed by atoms with E-state index < -0.39 is 17.4 Å². The number of carbonyl (C=O) groups excluding carboxylic acids is 2. The Morgan fingerprint density at radius 2 is 1.95 bits per heavy atom. The van der Waals surface area contributed by atoms with E-state index in [2.05, 4.69) is 29.4 Å². The van der Waals surface area contributed by atoms with E-state index in [4.69, 9.17) is 4.74 Å². The number of esters is 1. The number of nitrogens with zero attached hydrogens (tertiary/aromatic N) is 4. The van der Waals surface area contributed by atoms with Crippen molar-refractivity contribution in [3.8, 4) is 11.9 Å². The maximum Gasteiger partial charge on any atom is 0.302 e. The van der Waals surface area contributed by atoms with E-state index in [9.17, 15) is 24.8 Å². The largest absolute Gasteiger partial charge is 0.493 e. The van der Waals surface area contributed by atoms with Crippen LogP contribution in [0.3, 0.4) is 0 Å². The molecule has 1 heterocycles. The Hall–Kier alpha value is -4.00. The maximum absolute atomic E-state index is 13.1. The summed E-state index contributed by atoms with van der Waals surface area (Å²) >= 11 is 0. The van der Waals surface area contributed by atoms with Gasteiger partial charge in [0.15, 0.2) is 5.69 Å². The topological polar surface area (TPSA) is 146 Å². The van der Waals surface area contributed by atoms with E-state index in [1.54, 1.807) is 24.3 Å². The molecule has 0 aliphatic carbocycles. The van der Waals surface area contributed by atoms with Crippen LogP contribution in [0.15, 0.2) is 39.3 Å². The van der Waals surface area contributed by atoms with Crippen LogP contribution in [0.1, 0.15) is 74.4 Å². The molecule has 198 valence electrons. The molecule has 10 nitrogen and oxygen atoms in total. The highest BCUT2D eigenvalue weighted by Gasteiger charge is 2.20. The smallest absolute Gasteiger partial charge is 0.302 e. The minimum Gasteiger partial charge on any atom is -0.493 e. The van der Waals surface area contributed by atoms with Crippen molar-refractivity contribution in [2.75, 3.05) is 13.2 Å². The number of benzene rings is 1. The lowest BCUT2D eigenvalue weighted by Gasteiger charge is -2.15. The van der Waals surface area contributed by atoms with Crippen LogP contribution in [0.4, 0.5) is 11.4 Å². The second-order valence-electron chi connectivity index (χ2n) is 8.78. The number of pyridine rings is 1. The lowest BCUT2D eigenvalue weighted by atomic mass is 9.99. The number of aromatic nitrogens is 1. The van der Waals surface area contributed by atoms with E-state index in [-0.39, 0.29) is 48.0 Å². The van der Waals surface area contributed by atoms with E-state index in [0.717, 1.165) is 30.3 Å². The van der Waals surface area contributed by atoms with Crippen LogP contribution in [0.25, 0.3) is 0 Å². The van der Waals surface area contributed by atoms with Crippen LogP contribution in [-0.2, 0) is 16.1 Å². The van der Waals surface area contributed by atoms with Crippen molar-refractivity contribution in [3.63, 3.8) is 0 Å². The molecule has 1 aromatic heterocycles. The number of unbranched alkanes of at least 4 members (excludes halogenated alkanes) is 1. The molecule has 2 N–H and O–H groups in total. The summed E-state index contributed by atoms with van der Waals surface area (Å²) in [4.78, 5) is 37.0. The van der Waals surface area contributed by atoms with E-state index in [1.807, 2.05) is 6.07 Å². The number of hydrogen-bond donors (Lipinski definition) is 2. The van der Waals surface area contributed by atoms with Crippen molar-refractivity contribution >= 4 is 23.3 Å². The van der Waals surface area contributed by atoms with Gasteiger partial charge < -0.3 is 15.2 Å². The predicted octanol–water partition coefficient (Wildman–Crippen LogP) is 5.05. The van der Waals surface area contributed by atoms with E-state index in [0.29, 0.717) is 18.0 Å².